The van der Waals surface area contributed by atoms with E-state index in [1.807, 2.05) is 24.3 Å². The van der Waals surface area contributed by atoms with Crippen molar-refractivity contribution < 1.29 is 13.9 Å². The number of rotatable bonds is 6. The van der Waals surface area contributed by atoms with Crippen molar-refractivity contribution in [3.63, 3.8) is 0 Å². The molecule has 0 radical (unpaired) electrons. The van der Waals surface area contributed by atoms with E-state index >= 15 is 0 Å². The number of hydrogen-bond donors (Lipinski definition) is 0. The van der Waals surface area contributed by atoms with Crippen LogP contribution in [0, 0.1) is 0 Å². The van der Waals surface area contributed by atoms with E-state index in [1.165, 1.54) is 0 Å². The Morgan fingerprint density at radius 3 is 2.76 bits per heavy atom. The zero-order valence-electron chi connectivity index (χ0n) is 13.7. The molecule has 3 aromatic rings. The quantitative estimate of drug-likeness (QED) is 0.619. The lowest BCUT2D eigenvalue weighted by Gasteiger charge is -2.22. The van der Waals surface area contributed by atoms with Crippen LogP contribution in [-0.4, -0.2) is 22.9 Å². The minimum Gasteiger partial charge on any atom is -0.497 e. The summed E-state index contributed by atoms with van der Waals surface area (Å²) in [6.07, 6.45) is 3.31. The molecule has 1 amide bonds. The second-order valence-corrected chi connectivity index (χ2v) is 6.26. The molecule has 0 aliphatic carbocycles. The van der Waals surface area contributed by atoms with E-state index in [2.05, 4.69) is 20.9 Å². The van der Waals surface area contributed by atoms with E-state index in [1.54, 1.807) is 48.7 Å². The largest absolute Gasteiger partial charge is 0.497 e. The Morgan fingerprint density at radius 2 is 2.08 bits per heavy atom. The van der Waals surface area contributed by atoms with E-state index in [-0.39, 0.29) is 5.91 Å². The van der Waals surface area contributed by atoms with Gasteiger partial charge in [0.25, 0.3) is 5.91 Å². The lowest BCUT2D eigenvalue weighted by Crippen LogP contribution is -2.30. The molecule has 0 bridgehead atoms. The average molecular weight is 401 g/mol. The smallest absolute Gasteiger partial charge is 0.255 e. The van der Waals surface area contributed by atoms with Crippen molar-refractivity contribution in [2.24, 2.45) is 0 Å². The predicted octanol–water partition coefficient (Wildman–Crippen LogP) is 4.29. The Morgan fingerprint density at radius 1 is 1.20 bits per heavy atom. The minimum absolute atomic E-state index is 0.132. The fourth-order valence-corrected chi connectivity index (χ4v) is 2.86. The third kappa shape index (κ3) is 4.28. The molecule has 5 nitrogen and oxygen atoms in total. The van der Waals surface area contributed by atoms with E-state index in [9.17, 15) is 4.79 Å². The lowest BCUT2D eigenvalue weighted by atomic mass is 10.1. The second kappa shape index (κ2) is 7.98. The molecular formula is C19H17BrN2O3. The standard InChI is InChI=1S/C19H17BrN2O3/c1-24-15-7-8-18(20)17(11-15)19(23)22(13-16-6-4-10-25-16)12-14-5-2-3-9-21-14/h2-11H,12-13H2,1H3. The van der Waals surface area contributed by atoms with Crippen molar-refractivity contribution in [3.8, 4) is 5.75 Å². The Bertz CT molecular complexity index is 835. The van der Waals surface area contributed by atoms with Gasteiger partial charge in [-0.25, -0.2) is 0 Å². The van der Waals surface area contributed by atoms with Crippen molar-refractivity contribution in [3.05, 3.63) is 82.5 Å². The van der Waals surface area contributed by atoms with Gasteiger partial charge in [-0.3, -0.25) is 9.78 Å². The first kappa shape index (κ1) is 17.2. The van der Waals surface area contributed by atoms with Crippen LogP contribution in [0.4, 0.5) is 0 Å². The Labute approximate surface area is 154 Å². The summed E-state index contributed by atoms with van der Waals surface area (Å²) in [7, 11) is 1.58. The van der Waals surface area contributed by atoms with E-state index in [4.69, 9.17) is 9.15 Å². The highest BCUT2D eigenvalue weighted by molar-refractivity contribution is 9.10. The SMILES string of the molecule is COc1ccc(Br)c(C(=O)N(Cc2ccccn2)Cc2ccco2)c1. The maximum atomic E-state index is 13.1. The van der Waals surface area contributed by atoms with Gasteiger partial charge in [-0.1, -0.05) is 6.07 Å². The molecule has 3 rings (SSSR count). The van der Waals surface area contributed by atoms with Crippen molar-refractivity contribution in [2.75, 3.05) is 7.11 Å². The first-order valence-corrected chi connectivity index (χ1v) is 8.52. The van der Waals surface area contributed by atoms with Crippen LogP contribution in [0.25, 0.3) is 0 Å². The Balaban J connectivity index is 1.91. The van der Waals surface area contributed by atoms with Crippen LogP contribution in [0.15, 0.2) is 69.9 Å². The number of carbonyl (C=O) groups excluding carboxylic acids is 1. The third-order valence-corrected chi connectivity index (χ3v) is 4.39. The van der Waals surface area contributed by atoms with Crippen LogP contribution in [0.3, 0.4) is 0 Å². The number of nitrogens with zero attached hydrogens (tertiary/aromatic N) is 2. The van der Waals surface area contributed by atoms with E-state index in [0.717, 1.165) is 5.69 Å². The van der Waals surface area contributed by atoms with Gasteiger partial charge in [-0.2, -0.15) is 0 Å². The highest BCUT2D eigenvalue weighted by atomic mass is 79.9. The summed E-state index contributed by atoms with van der Waals surface area (Å²) >= 11 is 3.45. The van der Waals surface area contributed by atoms with Crippen molar-refractivity contribution in [1.82, 2.24) is 9.88 Å². The van der Waals surface area contributed by atoms with Crippen molar-refractivity contribution in [2.45, 2.75) is 13.1 Å². The summed E-state index contributed by atoms with van der Waals surface area (Å²) in [6.45, 7) is 0.732. The van der Waals surface area contributed by atoms with Gasteiger partial charge in [0.05, 0.1) is 37.7 Å². The van der Waals surface area contributed by atoms with Gasteiger partial charge in [0.2, 0.25) is 0 Å². The molecule has 25 heavy (non-hydrogen) atoms. The highest BCUT2D eigenvalue weighted by Crippen LogP contribution is 2.25. The molecule has 0 atom stereocenters. The van der Waals surface area contributed by atoms with Crippen molar-refractivity contribution in [1.29, 1.82) is 0 Å². The summed E-state index contributed by atoms with van der Waals surface area (Å²) in [5, 5.41) is 0. The first-order chi connectivity index (χ1) is 12.2. The van der Waals surface area contributed by atoms with Gasteiger partial charge in [0, 0.05) is 10.7 Å². The normalized spacial score (nSPS) is 10.5. The zero-order valence-corrected chi connectivity index (χ0v) is 15.3. The number of carbonyl (C=O) groups is 1. The van der Waals surface area contributed by atoms with Crippen LogP contribution < -0.4 is 4.74 Å². The third-order valence-electron chi connectivity index (χ3n) is 3.70. The summed E-state index contributed by atoms with van der Waals surface area (Å²) in [5.74, 6) is 1.21. The maximum Gasteiger partial charge on any atom is 0.255 e. The minimum atomic E-state index is -0.132. The number of benzene rings is 1. The number of furan rings is 1. The van der Waals surface area contributed by atoms with E-state index < -0.39 is 0 Å². The maximum absolute atomic E-state index is 13.1. The molecule has 6 heteroatoms. The average Bonchev–Trinajstić information content (AvgIpc) is 3.15. The predicted molar refractivity (Wildman–Crippen MR) is 97.2 cm³/mol. The van der Waals surface area contributed by atoms with Crippen LogP contribution in [0.2, 0.25) is 0 Å². The van der Waals surface area contributed by atoms with Gasteiger partial charge in [-0.05, 0) is 58.4 Å². The number of pyridine rings is 1. The fourth-order valence-electron chi connectivity index (χ4n) is 2.44. The van der Waals surface area contributed by atoms with Crippen molar-refractivity contribution >= 4 is 21.8 Å². The second-order valence-electron chi connectivity index (χ2n) is 5.41. The Kier molecular flexibility index (Phi) is 5.50. The summed E-state index contributed by atoms with van der Waals surface area (Å²) in [6, 6.07) is 14.6. The molecule has 128 valence electrons. The molecule has 1 aromatic carbocycles. The molecule has 0 N–H and O–H groups in total. The molecule has 0 aliphatic heterocycles. The van der Waals surface area contributed by atoms with Crippen LogP contribution >= 0.6 is 15.9 Å². The van der Waals surface area contributed by atoms with Crippen LogP contribution in [0.5, 0.6) is 5.75 Å². The number of ether oxygens (including phenoxy) is 1. The summed E-state index contributed by atoms with van der Waals surface area (Å²) in [5.41, 5.74) is 1.34. The van der Waals surface area contributed by atoms with Gasteiger partial charge in [-0.15, -0.1) is 0 Å². The first-order valence-electron chi connectivity index (χ1n) is 7.72. The zero-order chi connectivity index (χ0) is 17.6. The molecule has 0 saturated heterocycles. The van der Waals surface area contributed by atoms with Gasteiger partial charge < -0.3 is 14.1 Å². The summed E-state index contributed by atoms with van der Waals surface area (Å²) < 4.78 is 11.4. The van der Waals surface area contributed by atoms with Crippen LogP contribution in [-0.2, 0) is 13.1 Å². The monoisotopic (exact) mass is 400 g/mol. The Hall–Kier alpha value is -2.60. The molecule has 2 heterocycles. The topological polar surface area (TPSA) is 55.6 Å². The molecule has 0 saturated carbocycles. The summed E-state index contributed by atoms with van der Waals surface area (Å²) in [4.78, 5) is 19.1. The van der Waals surface area contributed by atoms with Crippen LogP contribution in [0.1, 0.15) is 21.8 Å². The molecule has 0 spiro atoms. The van der Waals surface area contributed by atoms with Gasteiger partial charge in [0.1, 0.15) is 11.5 Å². The molecule has 0 unspecified atom stereocenters. The lowest BCUT2D eigenvalue weighted by molar-refractivity contribution is 0.0714. The van der Waals surface area contributed by atoms with E-state index in [0.29, 0.717) is 34.6 Å². The van der Waals surface area contributed by atoms with Gasteiger partial charge >= 0.3 is 0 Å². The highest BCUT2D eigenvalue weighted by Gasteiger charge is 2.21. The molecular weight excluding hydrogens is 384 g/mol. The molecule has 2 aromatic heterocycles. The van der Waals surface area contributed by atoms with Gasteiger partial charge in [0.15, 0.2) is 0 Å². The number of amides is 1. The number of halogens is 1. The number of hydrogen-bond acceptors (Lipinski definition) is 4. The fraction of sp³-hybridized carbons (Fsp3) is 0.158. The molecule has 0 aliphatic rings. The molecule has 0 fully saturated rings. The number of methoxy groups -OCH3 is 1. The number of aromatic nitrogens is 1.